The molecule has 0 unspecified atom stereocenters. The first-order chi connectivity index (χ1) is 12.7. The molecule has 4 aromatic rings. The number of rotatable bonds is 5. The average molecular weight is 364 g/mol. The summed E-state index contributed by atoms with van der Waals surface area (Å²) < 4.78 is 7.33. The second kappa shape index (κ2) is 6.97. The zero-order chi connectivity index (χ0) is 17.9. The Morgan fingerprint density at radius 1 is 1.15 bits per heavy atom. The van der Waals surface area contributed by atoms with E-state index in [2.05, 4.69) is 15.4 Å². The molecular weight excluding hydrogens is 348 g/mol. The van der Waals surface area contributed by atoms with Gasteiger partial charge in [-0.05, 0) is 30.7 Å². The van der Waals surface area contributed by atoms with E-state index in [4.69, 9.17) is 4.74 Å². The lowest BCUT2D eigenvalue weighted by molar-refractivity contribution is 0.476. The van der Waals surface area contributed by atoms with Crippen LogP contribution in [0.2, 0.25) is 0 Å². The second-order valence-corrected chi connectivity index (χ2v) is 6.72. The molecule has 130 valence electrons. The Balaban J connectivity index is 1.54. The van der Waals surface area contributed by atoms with Gasteiger partial charge in [-0.1, -0.05) is 41.7 Å². The number of aryl methyl sites for hydroxylation is 1. The van der Waals surface area contributed by atoms with E-state index >= 15 is 0 Å². The van der Waals surface area contributed by atoms with Crippen LogP contribution in [-0.4, -0.2) is 14.6 Å². The number of anilines is 1. The maximum atomic E-state index is 11.8. The molecule has 2 heterocycles. The minimum atomic E-state index is -0.192. The lowest BCUT2D eigenvalue weighted by atomic mass is 10.2. The number of benzene rings is 2. The molecule has 0 fully saturated rings. The minimum Gasteiger partial charge on any atom is -0.457 e. The maximum Gasteiger partial charge on any atom is 0.275 e. The Morgan fingerprint density at radius 2 is 2.04 bits per heavy atom. The van der Waals surface area contributed by atoms with Gasteiger partial charge in [0.1, 0.15) is 11.5 Å². The number of nitrogens with one attached hydrogen (secondary N) is 1. The van der Waals surface area contributed by atoms with Gasteiger partial charge in [0.15, 0.2) is 0 Å². The molecule has 7 heteroatoms. The van der Waals surface area contributed by atoms with E-state index in [0.717, 1.165) is 22.6 Å². The summed E-state index contributed by atoms with van der Waals surface area (Å²) in [5.74, 6) is 1.58. The van der Waals surface area contributed by atoms with E-state index in [9.17, 15) is 4.79 Å². The highest BCUT2D eigenvalue weighted by atomic mass is 32.1. The molecule has 0 saturated heterocycles. The van der Waals surface area contributed by atoms with Crippen molar-refractivity contribution < 1.29 is 4.74 Å². The molecule has 6 nitrogen and oxygen atoms in total. The molecule has 0 atom stereocenters. The van der Waals surface area contributed by atoms with Crippen LogP contribution >= 0.6 is 11.3 Å². The van der Waals surface area contributed by atoms with Crippen molar-refractivity contribution in [2.24, 2.45) is 0 Å². The fourth-order valence-corrected chi connectivity index (χ4v) is 3.31. The summed E-state index contributed by atoms with van der Waals surface area (Å²) in [7, 11) is 0. The van der Waals surface area contributed by atoms with E-state index in [1.165, 1.54) is 28.1 Å². The number of para-hydroxylation sites is 1. The summed E-state index contributed by atoms with van der Waals surface area (Å²) in [5.41, 5.74) is 1.95. The Hall–Kier alpha value is -3.19. The van der Waals surface area contributed by atoms with Crippen molar-refractivity contribution in [2.75, 3.05) is 5.32 Å². The van der Waals surface area contributed by atoms with Crippen molar-refractivity contribution >= 4 is 21.4 Å². The fourth-order valence-electron chi connectivity index (χ4n) is 2.54. The molecule has 0 amide bonds. The first-order valence-corrected chi connectivity index (χ1v) is 8.92. The van der Waals surface area contributed by atoms with Crippen molar-refractivity contribution in [1.29, 1.82) is 0 Å². The van der Waals surface area contributed by atoms with Gasteiger partial charge in [-0.25, -0.2) is 4.98 Å². The van der Waals surface area contributed by atoms with Crippen molar-refractivity contribution in [3.05, 3.63) is 82.3 Å². The molecule has 0 bridgehead atoms. The van der Waals surface area contributed by atoms with Crippen LogP contribution in [0.5, 0.6) is 11.5 Å². The van der Waals surface area contributed by atoms with Crippen molar-refractivity contribution in [3.63, 3.8) is 0 Å². The standard InChI is InChI=1S/C19H16N4O2S/c1-13-5-4-7-15(11-13)25-16-8-3-2-6-14(16)12-21-18-22-23-17(24)9-10-20-19(23)26-18/h2-11H,12H2,1H3,(H,21,22). The minimum absolute atomic E-state index is 0.192. The van der Waals surface area contributed by atoms with Gasteiger partial charge in [0, 0.05) is 24.4 Å². The largest absolute Gasteiger partial charge is 0.457 e. The maximum absolute atomic E-state index is 11.8. The normalized spacial score (nSPS) is 10.8. The molecule has 26 heavy (non-hydrogen) atoms. The predicted octanol–water partition coefficient (Wildman–Crippen LogP) is 3.86. The first kappa shape index (κ1) is 16.3. The monoisotopic (exact) mass is 364 g/mol. The molecule has 0 radical (unpaired) electrons. The van der Waals surface area contributed by atoms with Crippen LogP contribution < -0.4 is 15.6 Å². The van der Waals surface area contributed by atoms with Crippen LogP contribution in [-0.2, 0) is 6.54 Å². The highest BCUT2D eigenvalue weighted by Gasteiger charge is 2.08. The Labute approximate surface area is 153 Å². The van der Waals surface area contributed by atoms with Gasteiger partial charge in [0.25, 0.3) is 5.56 Å². The highest BCUT2D eigenvalue weighted by molar-refractivity contribution is 7.20. The molecule has 0 spiro atoms. The second-order valence-electron chi connectivity index (χ2n) is 5.76. The topological polar surface area (TPSA) is 68.5 Å². The number of aromatic nitrogens is 3. The van der Waals surface area contributed by atoms with Crippen molar-refractivity contribution in [2.45, 2.75) is 13.5 Å². The summed E-state index contributed by atoms with van der Waals surface area (Å²) in [6.07, 6.45) is 1.49. The molecular formula is C19H16N4O2S. The third kappa shape index (κ3) is 3.43. The Morgan fingerprint density at radius 3 is 2.88 bits per heavy atom. The van der Waals surface area contributed by atoms with Crippen molar-refractivity contribution in [3.8, 4) is 11.5 Å². The Kier molecular flexibility index (Phi) is 4.37. The number of hydrogen-bond acceptors (Lipinski definition) is 6. The van der Waals surface area contributed by atoms with Crippen LogP contribution in [0, 0.1) is 6.92 Å². The zero-order valence-electron chi connectivity index (χ0n) is 14.0. The third-order valence-corrected chi connectivity index (χ3v) is 4.67. The zero-order valence-corrected chi connectivity index (χ0v) is 14.9. The molecule has 2 aromatic heterocycles. The molecule has 4 rings (SSSR count). The van der Waals surface area contributed by atoms with Gasteiger partial charge in [0.05, 0.1) is 0 Å². The van der Waals surface area contributed by atoms with E-state index in [1.54, 1.807) is 0 Å². The SMILES string of the molecule is Cc1cccc(Oc2ccccc2CNc2nn3c(=O)ccnc3s2)c1. The summed E-state index contributed by atoms with van der Waals surface area (Å²) in [6, 6.07) is 17.2. The number of ether oxygens (including phenoxy) is 1. The molecule has 0 aliphatic carbocycles. The number of fused-ring (bicyclic) bond motifs is 1. The van der Waals surface area contributed by atoms with Gasteiger partial charge >= 0.3 is 0 Å². The van der Waals surface area contributed by atoms with Gasteiger partial charge in [0.2, 0.25) is 10.1 Å². The van der Waals surface area contributed by atoms with Crippen LogP contribution in [0.3, 0.4) is 0 Å². The lowest BCUT2D eigenvalue weighted by Crippen LogP contribution is -2.12. The van der Waals surface area contributed by atoms with Crippen LogP contribution in [0.1, 0.15) is 11.1 Å². The van der Waals surface area contributed by atoms with Gasteiger partial charge in [-0.3, -0.25) is 4.79 Å². The summed E-state index contributed by atoms with van der Waals surface area (Å²) in [6.45, 7) is 2.56. The summed E-state index contributed by atoms with van der Waals surface area (Å²) in [5, 5.41) is 8.13. The summed E-state index contributed by atoms with van der Waals surface area (Å²) >= 11 is 1.33. The molecule has 0 aliphatic heterocycles. The first-order valence-electron chi connectivity index (χ1n) is 8.10. The van der Waals surface area contributed by atoms with Gasteiger partial charge in [-0.15, -0.1) is 5.10 Å². The highest BCUT2D eigenvalue weighted by Crippen LogP contribution is 2.27. The molecule has 1 N–H and O–H groups in total. The predicted molar refractivity (Wildman–Crippen MR) is 102 cm³/mol. The fraction of sp³-hybridized carbons (Fsp3) is 0.105. The number of nitrogens with zero attached hydrogens (tertiary/aromatic N) is 3. The van der Waals surface area contributed by atoms with Crippen LogP contribution in [0.15, 0.2) is 65.6 Å². The van der Waals surface area contributed by atoms with E-state index in [-0.39, 0.29) is 5.56 Å². The number of hydrogen-bond donors (Lipinski definition) is 1. The average Bonchev–Trinajstić information content (AvgIpc) is 3.06. The van der Waals surface area contributed by atoms with Crippen molar-refractivity contribution in [1.82, 2.24) is 14.6 Å². The molecule has 2 aromatic carbocycles. The van der Waals surface area contributed by atoms with Crippen LogP contribution in [0.4, 0.5) is 5.13 Å². The quantitative estimate of drug-likeness (QED) is 0.582. The summed E-state index contributed by atoms with van der Waals surface area (Å²) in [4.78, 5) is 16.5. The lowest BCUT2D eigenvalue weighted by Gasteiger charge is -2.11. The van der Waals surface area contributed by atoms with Crippen LogP contribution in [0.25, 0.3) is 4.96 Å². The van der Waals surface area contributed by atoms with Gasteiger partial charge in [-0.2, -0.15) is 4.52 Å². The third-order valence-electron chi connectivity index (χ3n) is 3.79. The molecule has 0 saturated carbocycles. The molecule has 0 aliphatic rings. The van der Waals surface area contributed by atoms with E-state index < -0.39 is 0 Å². The smallest absolute Gasteiger partial charge is 0.275 e. The van der Waals surface area contributed by atoms with Gasteiger partial charge < -0.3 is 10.1 Å². The Bertz CT molecular complexity index is 1120. The van der Waals surface area contributed by atoms with E-state index in [0.29, 0.717) is 16.6 Å². The van der Waals surface area contributed by atoms with E-state index in [1.807, 2.05) is 55.5 Å².